The quantitative estimate of drug-likeness (QED) is 0.471. The van der Waals surface area contributed by atoms with E-state index in [9.17, 15) is 0 Å². The first-order chi connectivity index (χ1) is 8.72. The fourth-order valence-corrected chi connectivity index (χ4v) is 3.52. The molecule has 20 heavy (non-hydrogen) atoms. The minimum absolute atomic E-state index is 0. The Hall–Kier alpha value is -0.617. The molecule has 0 saturated heterocycles. The second-order valence-corrected chi connectivity index (χ2v) is 5.92. The number of halogens is 2. The summed E-state index contributed by atoms with van der Waals surface area (Å²) in [6, 6.07) is 11.1. The van der Waals surface area contributed by atoms with E-state index < -0.39 is 0 Å². The Balaban J connectivity index is 0.000001000. The molecule has 0 atom stereocenters. The van der Waals surface area contributed by atoms with Crippen molar-refractivity contribution in [1.82, 2.24) is 0 Å². The smallest absolute Gasteiger partial charge is 1.00 e. The normalized spacial score (nSPS) is 10.7. The van der Waals surface area contributed by atoms with Gasteiger partial charge in [0.05, 0.1) is 0 Å². The minimum Gasteiger partial charge on any atom is -1.00 e. The van der Waals surface area contributed by atoms with Crippen molar-refractivity contribution < 1.29 is 49.5 Å². The fraction of sp³-hybridized carbons (Fsp3) is 0.0588. The number of hydrogen-bond acceptors (Lipinski definition) is 0. The first-order valence-electron chi connectivity index (χ1n) is 5.99. The number of rotatable bonds is 2. The monoisotopic (exact) mass is 377 g/mol. The third-order valence-electron chi connectivity index (χ3n) is 3.53. The summed E-state index contributed by atoms with van der Waals surface area (Å²) < 4.78 is 1.45. The van der Waals surface area contributed by atoms with Gasteiger partial charge in [0.1, 0.15) is 0 Å². The molecule has 0 saturated carbocycles. The number of benzene rings is 2. The van der Waals surface area contributed by atoms with E-state index in [0.717, 1.165) is 6.42 Å². The summed E-state index contributed by atoms with van der Waals surface area (Å²) in [7, 11) is 0. The van der Waals surface area contributed by atoms with Crippen LogP contribution in [0.1, 0.15) is 22.3 Å². The first kappa shape index (κ1) is 17.4. The number of hydrogen-bond donors (Lipinski definition) is 0. The van der Waals surface area contributed by atoms with E-state index in [0.29, 0.717) is 0 Å². The molecule has 0 bridgehead atoms. The third kappa shape index (κ3) is 2.86. The molecule has 0 heterocycles. The topological polar surface area (TPSA) is 0 Å². The van der Waals surface area contributed by atoms with Crippen LogP contribution in [0.4, 0.5) is 0 Å². The summed E-state index contributed by atoms with van der Waals surface area (Å²) in [6.45, 7) is 7.73. The van der Waals surface area contributed by atoms with Crippen molar-refractivity contribution in [3.63, 3.8) is 0 Å². The largest absolute Gasteiger partial charge is 1.00 e. The van der Waals surface area contributed by atoms with Crippen LogP contribution in [0.15, 0.2) is 43.5 Å². The summed E-state index contributed by atoms with van der Waals surface area (Å²) >= 11 is 1.48. The van der Waals surface area contributed by atoms with E-state index in [1.54, 1.807) is 0 Å². The molecule has 1 aliphatic carbocycles. The van der Waals surface area contributed by atoms with Gasteiger partial charge in [-0.05, 0) is 0 Å². The predicted octanol–water partition coefficient (Wildman–Crippen LogP) is -2.28. The molecule has 0 spiro atoms. The molecule has 1 aliphatic rings. The molecule has 2 aromatic carbocycles. The second kappa shape index (κ2) is 6.90. The first-order valence-corrected chi connectivity index (χ1v) is 7.22. The van der Waals surface area contributed by atoms with Crippen LogP contribution in [0.25, 0.3) is 23.3 Å². The summed E-state index contributed by atoms with van der Waals surface area (Å²) in [6.07, 6.45) is 4.91. The van der Waals surface area contributed by atoms with Crippen LogP contribution >= 0.6 is 0 Å². The van der Waals surface area contributed by atoms with Gasteiger partial charge in [0.15, 0.2) is 0 Å². The third-order valence-corrected chi connectivity index (χ3v) is 4.63. The van der Waals surface area contributed by atoms with Gasteiger partial charge in [-0.2, -0.15) is 0 Å². The summed E-state index contributed by atoms with van der Waals surface area (Å²) in [4.78, 5) is 0. The SMILES string of the molecule is C=Cc1ccc2c(c1)-c1cc(C=C)c[c]([Zr+2])c1C2.[Cl-].[Cl-]. The molecular weight excluding hydrogens is 366 g/mol. The Kier molecular flexibility index (Phi) is 6.01. The van der Waals surface area contributed by atoms with Crippen molar-refractivity contribution in [2.24, 2.45) is 0 Å². The van der Waals surface area contributed by atoms with Crippen LogP contribution in [-0.2, 0) is 31.1 Å². The maximum atomic E-state index is 3.88. The Morgan fingerprint density at radius 2 is 1.55 bits per heavy atom. The molecule has 0 aromatic heterocycles. The molecule has 0 fully saturated rings. The maximum absolute atomic E-state index is 3.88. The fourth-order valence-electron chi connectivity index (χ4n) is 2.56. The van der Waals surface area contributed by atoms with Gasteiger partial charge in [-0.3, -0.25) is 0 Å². The zero-order valence-electron chi connectivity index (χ0n) is 10.9. The predicted molar refractivity (Wildman–Crippen MR) is 74.5 cm³/mol. The molecule has 2 aromatic rings. The molecule has 0 unspecified atom stereocenters. The Bertz CT molecular complexity index is 675. The standard InChI is InChI=1S/C17H13.2ClH.Zr/c1-3-12-5-7-14-11-15-8-6-13(4-2)10-17(15)16(14)9-12;;;/h3-7,9-10H,1-2,11H2;2*1H;/q;;;+2/p-2. The van der Waals surface area contributed by atoms with Crippen molar-refractivity contribution in [3.8, 4) is 11.1 Å². The van der Waals surface area contributed by atoms with E-state index in [1.165, 1.54) is 61.4 Å². The van der Waals surface area contributed by atoms with E-state index in [4.69, 9.17) is 0 Å². The molecule has 0 amide bonds. The maximum Gasteiger partial charge on any atom is -1.00 e. The Labute approximate surface area is 147 Å². The molecule has 0 aliphatic heterocycles. The van der Waals surface area contributed by atoms with E-state index in [2.05, 4.69) is 43.5 Å². The molecule has 3 heteroatoms. The summed E-state index contributed by atoms with van der Waals surface area (Å²) in [5.41, 5.74) is 8.09. The molecular formula is C17H13Cl2Zr. The van der Waals surface area contributed by atoms with Gasteiger partial charge < -0.3 is 24.8 Å². The molecule has 99 valence electrons. The Morgan fingerprint density at radius 3 is 2.20 bits per heavy atom. The zero-order valence-corrected chi connectivity index (χ0v) is 14.9. The van der Waals surface area contributed by atoms with Crippen LogP contribution < -0.4 is 28.1 Å². The molecule has 3 rings (SSSR count). The average molecular weight is 379 g/mol. The average Bonchev–Trinajstić information content (AvgIpc) is 2.77. The van der Waals surface area contributed by atoms with Gasteiger partial charge in [-0.1, -0.05) is 0 Å². The van der Waals surface area contributed by atoms with Gasteiger partial charge in [0, 0.05) is 0 Å². The van der Waals surface area contributed by atoms with Gasteiger partial charge in [-0.15, -0.1) is 0 Å². The van der Waals surface area contributed by atoms with Gasteiger partial charge >= 0.3 is 123 Å². The van der Waals surface area contributed by atoms with E-state index >= 15 is 0 Å². The van der Waals surface area contributed by atoms with Crippen LogP contribution in [-0.4, -0.2) is 0 Å². The van der Waals surface area contributed by atoms with Crippen LogP contribution in [0, 0.1) is 0 Å². The van der Waals surface area contributed by atoms with E-state index in [1.807, 2.05) is 12.2 Å². The van der Waals surface area contributed by atoms with Crippen molar-refractivity contribution in [2.45, 2.75) is 6.42 Å². The van der Waals surface area contributed by atoms with Crippen molar-refractivity contribution >= 4 is 15.4 Å². The van der Waals surface area contributed by atoms with E-state index in [-0.39, 0.29) is 24.8 Å². The van der Waals surface area contributed by atoms with Crippen LogP contribution in [0.2, 0.25) is 0 Å². The summed E-state index contributed by atoms with van der Waals surface area (Å²) in [5.74, 6) is 0. The van der Waals surface area contributed by atoms with Gasteiger partial charge in [0.2, 0.25) is 0 Å². The Morgan fingerprint density at radius 1 is 0.900 bits per heavy atom. The van der Waals surface area contributed by atoms with Crippen LogP contribution in [0.3, 0.4) is 0 Å². The van der Waals surface area contributed by atoms with Crippen LogP contribution in [0.5, 0.6) is 0 Å². The number of fused-ring (bicyclic) bond motifs is 3. The van der Waals surface area contributed by atoms with Gasteiger partial charge in [0.25, 0.3) is 0 Å². The molecule has 0 nitrogen and oxygen atoms in total. The van der Waals surface area contributed by atoms with Crippen molar-refractivity contribution in [1.29, 1.82) is 0 Å². The minimum atomic E-state index is 0. The van der Waals surface area contributed by atoms with Gasteiger partial charge in [-0.25, -0.2) is 0 Å². The van der Waals surface area contributed by atoms with Crippen molar-refractivity contribution in [2.75, 3.05) is 0 Å². The van der Waals surface area contributed by atoms with Crippen molar-refractivity contribution in [3.05, 3.63) is 65.7 Å². The molecule has 0 N–H and O–H groups in total. The zero-order chi connectivity index (χ0) is 12.7. The molecule has 0 radical (unpaired) electrons. The second-order valence-electron chi connectivity index (χ2n) is 4.60. The summed E-state index contributed by atoms with van der Waals surface area (Å²) in [5, 5.41) is 0.